The van der Waals surface area contributed by atoms with E-state index >= 15 is 0 Å². The molecular formula is C19H15N5O. The van der Waals surface area contributed by atoms with E-state index in [-0.39, 0.29) is 5.69 Å². The van der Waals surface area contributed by atoms with Gasteiger partial charge in [-0.25, -0.2) is 9.97 Å². The van der Waals surface area contributed by atoms with Gasteiger partial charge >= 0.3 is 0 Å². The molecule has 0 saturated heterocycles. The van der Waals surface area contributed by atoms with Crippen LogP contribution in [0.1, 0.15) is 21.6 Å². The van der Waals surface area contributed by atoms with Gasteiger partial charge in [0.25, 0.3) is 5.91 Å². The predicted molar refractivity (Wildman–Crippen MR) is 94.9 cm³/mol. The number of hydrogen-bond donors (Lipinski definition) is 2. The van der Waals surface area contributed by atoms with Gasteiger partial charge in [0.15, 0.2) is 0 Å². The van der Waals surface area contributed by atoms with Crippen molar-refractivity contribution in [3.63, 3.8) is 0 Å². The molecular weight excluding hydrogens is 314 g/mol. The van der Waals surface area contributed by atoms with E-state index in [1.807, 2.05) is 36.4 Å². The van der Waals surface area contributed by atoms with E-state index < -0.39 is 5.91 Å². The Bertz CT molecular complexity index is 918. The molecule has 0 radical (unpaired) electrons. The van der Waals surface area contributed by atoms with Crippen molar-refractivity contribution in [2.75, 3.05) is 10.6 Å². The van der Waals surface area contributed by atoms with Gasteiger partial charge in [0, 0.05) is 12.6 Å². The maximum atomic E-state index is 12.4. The molecule has 3 aromatic rings. The standard InChI is InChI=1S/C19H15N5O/c20-11-15-8-4-5-9-16(15)24-19(25)17-10-18(23-13-22-17)21-12-14-6-2-1-3-7-14/h1-10,13H,12H2,(H,24,25)(H,21,22,23). The number of carbonyl (C=O) groups excluding carboxylic acids is 1. The van der Waals surface area contributed by atoms with Crippen LogP contribution in [0.5, 0.6) is 0 Å². The number of hydrogen-bond acceptors (Lipinski definition) is 5. The van der Waals surface area contributed by atoms with E-state index in [1.165, 1.54) is 6.33 Å². The lowest BCUT2D eigenvalue weighted by Gasteiger charge is -2.08. The molecule has 0 fully saturated rings. The molecule has 1 amide bonds. The smallest absolute Gasteiger partial charge is 0.274 e. The molecule has 0 spiro atoms. The number of nitriles is 1. The van der Waals surface area contributed by atoms with Crippen molar-refractivity contribution in [2.45, 2.75) is 6.54 Å². The van der Waals surface area contributed by atoms with Crippen molar-refractivity contribution in [3.05, 3.63) is 83.8 Å². The topological polar surface area (TPSA) is 90.7 Å². The highest BCUT2D eigenvalue weighted by Crippen LogP contribution is 2.15. The van der Waals surface area contributed by atoms with Crippen LogP contribution >= 0.6 is 0 Å². The Labute approximate surface area is 145 Å². The van der Waals surface area contributed by atoms with E-state index in [9.17, 15) is 4.79 Å². The van der Waals surface area contributed by atoms with Crippen molar-refractivity contribution in [2.24, 2.45) is 0 Å². The zero-order valence-corrected chi connectivity index (χ0v) is 13.3. The summed E-state index contributed by atoms with van der Waals surface area (Å²) in [5.74, 6) is 0.158. The summed E-state index contributed by atoms with van der Waals surface area (Å²) in [5.41, 5.74) is 2.17. The lowest BCUT2D eigenvalue weighted by atomic mass is 10.2. The first kappa shape index (κ1) is 16.1. The third kappa shape index (κ3) is 4.18. The van der Waals surface area contributed by atoms with Gasteiger partial charge in [-0.3, -0.25) is 4.79 Å². The molecule has 3 rings (SSSR count). The minimum atomic E-state index is -0.395. The van der Waals surface area contributed by atoms with Gasteiger partial charge in [-0.1, -0.05) is 42.5 Å². The van der Waals surface area contributed by atoms with Crippen LogP contribution in [-0.4, -0.2) is 15.9 Å². The fraction of sp³-hybridized carbons (Fsp3) is 0.0526. The number of anilines is 2. The molecule has 0 aliphatic rings. The number of benzene rings is 2. The van der Waals surface area contributed by atoms with Gasteiger partial charge in [-0.2, -0.15) is 5.26 Å². The minimum absolute atomic E-state index is 0.221. The summed E-state index contributed by atoms with van der Waals surface area (Å²) in [6.07, 6.45) is 1.33. The number of amides is 1. The Hall–Kier alpha value is -3.72. The summed E-state index contributed by atoms with van der Waals surface area (Å²) in [6.45, 7) is 0.593. The second-order valence-corrected chi connectivity index (χ2v) is 5.24. The molecule has 0 aliphatic carbocycles. The average molecular weight is 329 g/mol. The first-order chi connectivity index (χ1) is 12.3. The van der Waals surface area contributed by atoms with Gasteiger partial charge in [-0.15, -0.1) is 0 Å². The zero-order valence-electron chi connectivity index (χ0n) is 13.3. The van der Waals surface area contributed by atoms with E-state index in [2.05, 4.69) is 20.6 Å². The van der Waals surface area contributed by atoms with Crippen LogP contribution in [0.4, 0.5) is 11.5 Å². The van der Waals surface area contributed by atoms with Crippen LogP contribution in [0.25, 0.3) is 0 Å². The second kappa shape index (κ2) is 7.70. The largest absolute Gasteiger partial charge is 0.366 e. The van der Waals surface area contributed by atoms with Crippen molar-refractivity contribution < 1.29 is 4.79 Å². The molecule has 2 N–H and O–H groups in total. The van der Waals surface area contributed by atoms with Gasteiger partial charge < -0.3 is 10.6 Å². The Morgan fingerprint density at radius 3 is 2.60 bits per heavy atom. The molecule has 6 heteroatoms. The number of para-hydroxylation sites is 1. The monoisotopic (exact) mass is 329 g/mol. The molecule has 122 valence electrons. The molecule has 1 heterocycles. The maximum Gasteiger partial charge on any atom is 0.274 e. The molecule has 0 atom stereocenters. The first-order valence-electron chi connectivity index (χ1n) is 7.66. The summed E-state index contributed by atoms with van der Waals surface area (Å²) in [7, 11) is 0. The zero-order chi connectivity index (χ0) is 17.5. The lowest BCUT2D eigenvalue weighted by Crippen LogP contribution is -2.15. The SMILES string of the molecule is N#Cc1ccccc1NC(=O)c1cc(NCc2ccccc2)ncn1. The van der Waals surface area contributed by atoms with Gasteiger partial charge in [0.1, 0.15) is 23.9 Å². The van der Waals surface area contributed by atoms with Crippen LogP contribution in [0.2, 0.25) is 0 Å². The Kier molecular flexibility index (Phi) is 4.98. The number of carbonyl (C=O) groups is 1. The molecule has 25 heavy (non-hydrogen) atoms. The normalized spacial score (nSPS) is 9.88. The second-order valence-electron chi connectivity index (χ2n) is 5.24. The van der Waals surface area contributed by atoms with Gasteiger partial charge in [0.05, 0.1) is 11.3 Å². The van der Waals surface area contributed by atoms with Crippen molar-refractivity contribution in [3.8, 4) is 6.07 Å². The highest BCUT2D eigenvalue weighted by atomic mass is 16.1. The third-order valence-corrected chi connectivity index (χ3v) is 3.51. The van der Waals surface area contributed by atoms with Gasteiger partial charge in [0.2, 0.25) is 0 Å². The van der Waals surface area contributed by atoms with Crippen molar-refractivity contribution in [1.29, 1.82) is 5.26 Å². The third-order valence-electron chi connectivity index (χ3n) is 3.51. The van der Waals surface area contributed by atoms with Crippen LogP contribution in [0.3, 0.4) is 0 Å². The summed E-state index contributed by atoms with van der Waals surface area (Å²) in [5, 5.41) is 14.9. The van der Waals surface area contributed by atoms with Gasteiger partial charge in [-0.05, 0) is 17.7 Å². The number of aromatic nitrogens is 2. The van der Waals surface area contributed by atoms with Crippen LogP contribution < -0.4 is 10.6 Å². The van der Waals surface area contributed by atoms with E-state index in [4.69, 9.17) is 5.26 Å². The molecule has 6 nitrogen and oxygen atoms in total. The summed E-state index contributed by atoms with van der Waals surface area (Å²) in [6, 6.07) is 20.3. The fourth-order valence-corrected chi connectivity index (χ4v) is 2.24. The molecule has 0 unspecified atom stereocenters. The minimum Gasteiger partial charge on any atom is -0.366 e. The predicted octanol–water partition coefficient (Wildman–Crippen LogP) is 3.21. The van der Waals surface area contributed by atoms with E-state index in [0.29, 0.717) is 23.6 Å². The molecule has 0 saturated carbocycles. The highest BCUT2D eigenvalue weighted by molar-refractivity contribution is 6.03. The summed E-state index contributed by atoms with van der Waals surface area (Å²) >= 11 is 0. The maximum absolute atomic E-state index is 12.4. The van der Waals surface area contributed by atoms with Crippen molar-refractivity contribution in [1.82, 2.24) is 9.97 Å². The van der Waals surface area contributed by atoms with Crippen LogP contribution in [-0.2, 0) is 6.54 Å². The lowest BCUT2D eigenvalue weighted by molar-refractivity contribution is 0.102. The molecule has 2 aromatic carbocycles. The summed E-state index contributed by atoms with van der Waals surface area (Å²) < 4.78 is 0. The molecule has 0 aliphatic heterocycles. The van der Waals surface area contributed by atoms with E-state index in [0.717, 1.165) is 5.56 Å². The first-order valence-corrected chi connectivity index (χ1v) is 7.66. The average Bonchev–Trinajstić information content (AvgIpc) is 2.68. The number of nitrogens with zero attached hydrogens (tertiary/aromatic N) is 3. The van der Waals surface area contributed by atoms with Crippen LogP contribution in [0, 0.1) is 11.3 Å². The fourth-order valence-electron chi connectivity index (χ4n) is 2.24. The Morgan fingerprint density at radius 1 is 1.04 bits per heavy atom. The van der Waals surface area contributed by atoms with E-state index in [1.54, 1.807) is 30.3 Å². The Morgan fingerprint density at radius 2 is 1.80 bits per heavy atom. The van der Waals surface area contributed by atoms with Crippen LogP contribution in [0.15, 0.2) is 67.0 Å². The molecule has 1 aromatic heterocycles. The number of rotatable bonds is 5. The van der Waals surface area contributed by atoms with Crippen molar-refractivity contribution >= 4 is 17.4 Å². The molecule has 0 bridgehead atoms. The quantitative estimate of drug-likeness (QED) is 0.750. The summed E-state index contributed by atoms with van der Waals surface area (Å²) in [4.78, 5) is 20.5. The highest BCUT2D eigenvalue weighted by Gasteiger charge is 2.11. The Balaban J connectivity index is 1.70. The number of nitrogens with one attached hydrogen (secondary N) is 2.